The van der Waals surface area contributed by atoms with Crippen molar-refractivity contribution in [1.82, 2.24) is 9.80 Å². The highest BCUT2D eigenvalue weighted by Crippen LogP contribution is 2.24. The summed E-state index contributed by atoms with van der Waals surface area (Å²) in [7, 11) is 1.60. The van der Waals surface area contributed by atoms with Crippen LogP contribution >= 0.6 is 0 Å². The Morgan fingerprint density at radius 1 is 1.15 bits per heavy atom. The number of hydrogen-bond acceptors (Lipinski definition) is 3. The summed E-state index contributed by atoms with van der Waals surface area (Å²) in [4.78, 5) is 40.2. The first-order valence-corrected chi connectivity index (χ1v) is 9.17. The molecule has 2 rings (SSSR count). The number of carbonyl (C=O) groups excluding carboxylic acids is 3. The molecule has 0 bridgehead atoms. The van der Waals surface area contributed by atoms with Gasteiger partial charge in [0.25, 0.3) is 0 Å². The minimum Gasteiger partial charge on any atom is -0.342 e. The van der Waals surface area contributed by atoms with E-state index in [9.17, 15) is 18.8 Å². The van der Waals surface area contributed by atoms with Gasteiger partial charge in [0.15, 0.2) is 0 Å². The molecule has 7 heteroatoms. The van der Waals surface area contributed by atoms with Crippen LogP contribution in [0.5, 0.6) is 0 Å². The minimum atomic E-state index is -0.425. The van der Waals surface area contributed by atoms with Crippen LogP contribution in [0.2, 0.25) is 0 Å². The van der Waals surface area contributed by atoms with Gasteiger partial charge < -0.3 is 15.1 Å². The number of carbonyl (C=O) groups is 3. The highest BCUT2D eigenvalue weighted by Gasteiger charge is 2.33. The molecule has 0 atom stereocenters. The smallest absolute Gasteiger partial charge is 0.243 e. The average Bonchev–Trinajstić information content (AvgIpc) is 2.61. The maximum Gasteiger partial charge on any atom is 0.243 e. The zero-order chi connectivity index (χ0) is 20.2. The highest BCUT2D eigenvalue weighted by atomic mass is 19.1. The Morgan fingerprint density at radius 3 is 2.22 bits per heavy atom. The fourth-order valence-corrected chi connectivity index (χ4v) is 3.14. The van der Waals surface area contributed by atoms with Gasteiger partial charge in [-0.1, -0.05) is 20.8 Å². The lowest BCUT2D eigenvalue weighted by molar-refractivity contribution is -0.144. The zero-order valence-corrected chi connectivity index (χ0v) is 16.4. The lowest BCUT2D eigenvalue weighted by atomic mass is 9.90. The summed E-state index contributed by atoms with van der Waals surface area (Å²) in [5.41, 5.74) is 0.0581. The number of piperidine rings is 1. The molecule has 0 aliphatic carbocycles. The summed E-state index contributed by atoms with van der Waals surface area (Å²) in [6.45, 7) is 6.71. The molecule has 1 N–H and O–H groups in total. The molecule has 3 amide bonds. The second-order valence-electron chi connectivity index (χ2n) is 8.07. The van der Waals surface area contributed by atoms with Gasteiger partial charge in [-0.15, -0.1) is 0 Å². The number of amides is 3. The Kier molecular flexibility index (Phi) is 6.57. The molecule has 0 spiro atoms. The Morgan fingerprint density at radius 2 is 1.70 bits per heavy atom. The summed E-state index contributed by atoms with van der Waals surface area (Å²) < 4.78 is 12.9. The quantitative estimate of drug-likeness (QED) is 0.877. The summed E-state index contributed by atoms with van der Waals surface area (Å²) in [5, 5.41) is 2.64. The van der Waals surface area contributed by atoms with Crippen molar-refractivity contribution in [2.75, 3.05) is 32.0 Å². The molecule has 1 saturated heterocycles. The molecule has 1 aromatic carbocycles. The van der Waals surface area contributed by atoms with Crippen LogP contribution in [0.1, 0.15) is 33.6 Å². The molecule has 148 valence electrons. The Bertz CT molecular complexity index is 689. The van der Waals surface area contributed by atoms with E-state index in [1.54, 1.807) is 7.05 Å². The molecule has 0 aromatic heterocycles. The molecule has 27 heavy (non-hydrogen) atoms. The van der Waals surface area contributed by atoms with E-state index in [0.29, 0.717) is 31.6 Å². The Labute approximate surface area is 159 Å². The summed E-state index contributed by atoms with van der Waals surface area (Å²) in [6.07, 6.45) is 1.20. The van der Waals surface area contributed by atoms with Crippen molar-refractivity contribution in [3.63, 3.8) is 0 Å². The maximum absolute atomic E-state index is 12.9. The third-order valence-corrected chi connectivity index (χ3v) is 4.66. The predicted octanol–water partition coefficient (Wildman–Crippen LogP) is 2.51. The van der Waals surface area contributed by atoms with E-state index in [4.69, 9.17) is 0 Å². The second-order valence-corrected chi connectivity index (χ2v) is 8.07. The second kappa shape index (κ2) is 8.50. The molecule has 1 aliphatic heterocycles. The SMILES string of the molecule is CN(CC(=O)Nc1ccc(F)cc1)C(=O)C1CCN(C(=O)C(C)(C)C)CC1. The average molecular weight is 377 g/mol. The number of likely N-dealkylation sites (N-methyl/N-ethyl adjacent to an activating group) is 1. The first kappa shape index (κ1) is 20.9. The van der Waals surface area contributed by atoms with E-state index in [1.165, 1.54) is 29.2 Å². The summed E-state index contributed by atoms with van der Waals surface area (Å²) >= 11 is 0. The van der Waals surface area contributed by atoms with Crippen LogP contribution in [0, 0.1) is 17.2 Å². The number of benzene rings is 1. The van der Waals surface area contributed by atoms with Crippen LogP contribution < -0.4 is 5.32 Å². The van der Waals surface area contributed by atoms with Crippen LogP contribution in [0.4, 0.5) is 10.1 Å². The number of hydrogen-bond donors (Lipinski definition) is 1. The van der Waals surface area contributed by atoms with E-state index in [1.807, 2.05) is 25.7 Å². The van der Waals surface area contributed by atoms with Crippen molar-refractivity contribution < 1.29 is 18.8 Å². The minimum absolute atomic E-state index is 0.0721. The van der Waals surface area contributed by atoms with E-state index in [2.05, 4.69) is 5.32 Å². The molecule has 1 aromatic rings. The molecule has 0 radical (unpaired) electrons. The maximum atomic E-state index is 12.9. The van der Waals surface area contributed by atoms with Gasteiger partial charge in [-0.25, -0.2) is 4.39 Å². The van der Waals surface area contributed by atoms with Crippen LogP contribution in [-0.4, -0.2) is 54.2 Å². The lowest BCUT2D eigenvalue weighted by Crippen LogP contribution is -2.47. The summed E-state index contributed by atoms with van der Waals surface area (Å²) in [6, 6.07) is 5.46. The summed E-state index contributed by atoms with van der Waals surface area (Å²) in [5.74, 6) is -0.889. The van der Waals surface area contributed by atoms with Gasteiger partial charge in [0.2, 0.25) is 17.7 Å². The van der Waals surface area contributed by atoms with Crippen molar-refractivity contribution in [3.8, 4) is 0 Å². The molecule has 0 unspecified atom stereocenters. The van der Waals surface area contributed by atoms with Gasteiger partial charge in [-0.2, -0.15) is 0 Å². The van der Waals surface area contributed by atoms with Crippen LogP contribution in [0.15, 0.2) is 24.3 Å². The van der Waals surface area contributed by atoms with E-state index in [-0.39, 0.29) is 36.0 Å². The Hall–Kier alpha value is -2.44. The number of nitrogens with one attached hydrogen (secondary N) is 1. The highest BCUT2D eigenvalue weighted by molar-refractivity contribution is 5.94. The van der Waals surface area contributed by atoms with Crippen molar-refractivity contribution in [2.45, 2.75) is 33.6 Å². The van der Waals surface area contributed by atoms with Crippen LogP contribution in [-0.2, 0) is 14.4 Å². The topological polar surface area (TPSA) is 69.7 Å². The predicted molar refractivity (Wildman–Crippen MR) is 101 cm³/mol. The molecular formula is C20H28FN3O3. The van der Waals surface area contributed by atoms with Gasteiger partial charge in [0.05, 0.1) is 6.54 Å². The van der Waals surface area contributed by atoms with E-state index in [0.717, 1.165) is 0 Å². The number of halogens is 1. The largest absolute Gasteiger partial charge is 0.342 e. The standard InChI is InChI=1S/C20H28FN3O3/c1-20(2,3)19(27)24-11-9-14(10-12-24)18(26)23(4)13-17(25)22-16-7-5-15(21)6-8-16/h5-8,14H,9-13H2,1-4H3,(H,22,25). The van der Waals surface area contributed by atoms with Crippen LogP contribution in [0.25, 0.3) is 0 Å². The molecule has 0 saturated carbocycles. The van der Waals surface area contributed by atoms with Crippen molar-refractivity contribution in [3.05, 3.63) is 30.1 Å². The molecule has 1 heterocycles. The molecule has 6 nitrogen and oxygen atoms in total. The first-order chi connectivity index (χ1) is 12.6. The molecule has 1 fully saturated rings. The van der Waals surface area contributed by atoms with Crippen molar-refractivity contribution >= 4 is 23.4 Å². The third-order valence-electron chi connectivity index (χ3n) is 4.66. The van der Waals surface area contributed by atoms with Crippen LogP contribution in [0.3, 0.4) is 0 Å². The Balaban J connectivity index is 1.82. The number of likely N-dealkylation sites (tertiary alicyclic amines) is 1. The van der Waals surface area contributed by atoms with Gasteiger partial charge in [-0.3, -0.25) is 14.4 Å². The van der Waals surface area contributed by atoms with Crippen molar-refractivity contribution in [2.24, 2.45) is 11.3 Å². The van der Waals surface area contributed by atoms with Gasteiger partial charge in [-0.05, 0) is 37.1 Å². The fourth-order valence-electron chi connectivity index (χ4n) is 3.14. The number of rotatable bonds is 4. The fraction of sp³-hybridized carbons (Fsp3) is 0.550. The molecule has 1 aliphatic rings. The third kappa shape index (κ3) is 5.77. The van der Waals surface area contributed by atoms with E-state index < -0.39 is 5.41 Å². The normalized spacial score (nSPS) is 15.4. The molecular weight excluding hydrogens is 349 g/mol. The number of anilines is 1. The van der Waals surface area contributed by atoms with Crippen molar-refractivity contribution in [1.29, 1.82) is 0 Å². The van der Waals surface area contributed by atoms with Gasteiger partial charge in [0.1, 0.15) is 5.82 Å². The monoisotopic (exact) mass is 377 g/mol. The first-order valence-electron chi connectivity index (χ1n) is 9.17. The zero-order valence-electron chi connectivity index (χ0n) is 16.4. The van der Waals surface area contributed by atoms with E-state index >= 15 is 0 Å². The van der Waals surface area contributed by atoms with Gasteiger partial charge in [0, 0.05) is 37.2 Å². The van der Waals surface area contributed by atoms with Gasteiger partial charge >= 0.3 is 0 Å². The number of nitrogens with zero attached hydrogens (tertiary/aromatic N) is 2. The lowest BCUT2D eigenvalue weighted by Gasteiger charge is -2.36.